The molecule has 0 heterocycles. The first kappa shape index (κ1) is 14.9. The van der Waals surface area contributed by atoms with E-state index in [4.69, 9.17) is 10.8 Å². The molecule has 18 heavy (non-hydrogen) atoms. The van der Waals surface area contributed by atoms with E-state index in [0.717, 1.165) is 0 Å². The maximum atomic E-state index is 12.5. The highest BCUT2D eigenvalue weighted by Gasteiger charge is 2.29. The van der Waals surface area contributed by atoms with Gasteiger partial charge in [0.15, 0.2) is 0 Å². The van der Waals surface area contributed by atoms with Crippen molar-refractivity contribution in [1.82, 2.24) is 4.31 Å². The molecule has 1 aromatic carbocycles. The molecule has 0 amide bonds. The Bertz CT molecular complexity index is 492. The number of nitrogen functional groups attached to an aromatic ring is 1. The van der Waals surface area contributed by atoms with E-state index in [9.17, 15) is 8.42 Å². The lowest BCUT2D eigenvalue weighted by Crippen LogP contribution is -2.39. The number of hydrogen-bond acceptors (Lipinski definition) is 4. The summed E-state index contributed by atoms with van der Waals surface area (Å²) < 4.78 is 26.3. The average Bonchev–Trinajstić information content (AvgIpc) is 2.24. The minimum absolute atomic E-state index is 0.0633. The molecular formula is C12H20N2O3S. The van der Waals surface area contributed by atoms with E-state index in [1.54, 1.807) is 39.0 Å². The van der Waals surface area contributed by atoms with Crippen molar-refractivity contribution < 1.29 is 13.5 Å². The number of aliphatic hydroxyl groups is 1. The Morgan fingerprint density at radius 2 is 2.00 bits per heavy atom. The highest BCUT2D eigenvalue weighted by atomic mass is 32.2. The monoisotopic (exact) mass is 272 g/mol. The van der Waals surface area contributed by atoms with Crippen LogP contribution < -0.4 is 5.73 Å². The molecule has 0 spiro atoms. The summed E-state index contributed by atoms with van der Waals surface area (Å²) in [5, 5.41) is 9.00. The Morgan fingerprint density at radius 1 is 1.39 bits per heavy atom. The molecule has 0 radical (unpaired) electrons. The van der Waals surface area contributed by atoms with E-state index in [1.165, 1.54) is 4.31 Å². The molecule has 6 heteroatoms. The predicted octanol–water partition coefficient (Wildman–Crippen LogP) is 0.969. The summed E-state index contributed by atoms with van der Waals surface area (Å²) >= 11 is 0. The fourth-order valence-electron chi connectivity index (χ4n) is 1.90. The first-order valence-electron chi connectivity index (χ1n) is 5.80. The van der Waals surface area contributed by atoms with Gasteiger partial charge in [-0.2, -0.15) is 4.31 Å². The van der Waals surface area contributed by atoms with Gasteiger partial charge in [-0.05, 0) is 32.4 Å². The largest absolute Gasteiger partial charge is 0.398 e. The lowest BCUT2D eigenvalue weighted by atomic mass is 10.2. The van der Waals surface area contributed by atoms with Gasteiger partial charge in [0.25, 0.3) is 0 Å². The van der Waals surface area contributed by atoms with Crippen LogP contribution in [0.3, 0.4) is 0 Å². The van der Waals surface area contributed by atoms with Gasteiger partial charge in [-0.15, -0.1) is 0 Å². The Morgan fingerprint density at radius 3 is 2.44 bits per heavy atom. The number of aliphatic hydroxyl groups excluding tert-OH is 1. The highest BCUT2D eigenvalue weighted by Crippen LogP contribution is 2.26. The number of rotatable bonds is 5. The third kappa shape index (κ3) is 2.82. The van der Waals surface area contributed by atoms with E-state index >= 15 is 0 Å². The summed E-state index contributed by atoms with van der Waals surface area (Å²) in [6, 6.07) is 4.76. The van der Waals surface area contributed by atoms with Crippen LogP contribution in [0.25, 0.3) is 0 Å². The quantitative estimate of drug-likeness (QED) is 0.782. The summed E-state index contributed by atoms with van der Waals surface area (Å²) in [6.07, 6.45) is 0. The van der Waals surface area contributed by atoms with Crippen LogP contribution in [0.4, 0.5) is 5.69 Å². The molecule has 0 fully saturated rings. The average molecular weight is 272 g/mol. The van der Waals surface area contributed by atoms with Gasteiger partial charge < -0.3 is 10.8 Å². The van der Waals surface area contributed by atoms with Crippen LogP contribution >= 0.6 is 0 Å². The molecule has 102 valence electrons. The molecule has 1 aromatic rings. The van der Waals surface area contributed by atoms with Gasteiger partial charge in [0.2, 0.25) is 10.0 Å². The van der Waals surface area contributed by atoms with E-state index < -0.39 is 10.0 Å². The number of benzene rings is 1. The Kier molecular flexibility index (Phi) is 4.72. The predicted molar refractivity (Wildman–Crippen MR) is 71.7 cm³/mol. The number of anilines is 1. The molecule has 0 aliphatic rings. The molecule has 0 aromatic heterocycles. The van der Waals surface area contributed by atoms with Gasteiger partial charge in [0.1, 0.15) is 4.90 Å². The minimum atomic E-state index is -3.68. The van der Waals surface area contributed by atoms with Crippen LogP contribution in [-0.4, -0.2) is 37.0 Å². The Balaban J connectivity index is 3.36. The van der Waals surface area contributed by atoms with Crippen molar-refractivity contribution in [1.29, 1.82) is 0 Å². The molecule has 0 saturated carbocycles. The molecular weight excluding hydrogens is 252 g/mol. The van der Waals surface area contributed by atoms with Crippen LogP contribution in [0.5, 0.6) is 0 Å². The smallest absolute Gasteiger partial charge is 0.245 e. The van der Waals surface area contributed by atoms with Gasteiger partial charge in [-0.1, -0.05) is 12.1 Å². The van der Waals surface area contributed by atoms with Crippen LogP contribution in [0.1, 0.15) is 19.4 Å². The number of nitrogens with zero attached hydrogens (tertiary/aromatic N) is 1. The summed E-state index contributed by atoms with van der Waals surface area (Å²) in [7, 11) is -3.68. The minimum Gasteiger partial charge on any atom is -0.398 e. The standard InChI is InChI=1S/C12H20N2O3S/c1-9(2)14(7-8-15)18(16,17)12-10(3)5-4-6-11(12)13/h4-6,9,15H,7-8,13H2,1-3H3. The van der Waals surface area contributed by atoms with Crippen molar-refractivity contribution in [3.8, 4) is 0 Å². The second kappa shape index (κ2) is 5.69. The lowest BCUT2D eigenvalue weighted by Gasteiger charge is -2.26. The van der Waals surface area contributed by atoms with Crippen molar-refractivity contribution in [2.45, 2.75) is 31.7 Å². The van der Waals surface area contributed by atoms with Gasteiger partial charge in [-0.3, -0.25) is 0 Å². The van der Waals surface area contributed by atoms with Gasteiger partial charge in [-0.25, -0.2) is 8.42 Å². The molecule has 0 aliphatic heterocycles. The Labute approximate surface area is 108 Å². The fourth-order valence-corrected chi connectivity index (χ4v) is 3.85. The number of sulfonamides is 1. The maximum Gasteiger partial charge on any atom is 0.245 e. The van der Waals surface area contributed by atoms with Crippen molar-refractivity contribution in [3.63, 3.8) is 0 Å². The van der Waals surface area contributed by atoms with Crippen molar-refractivity contribution in [2.75, 3.05) is 18.9 Å². The molecule has 0 aliphatic carbocycles. The molecule has 3 N–H and O–H groups in total. The second-order valence-electron chi connectivity index (χ2n) is 4.43. The van der Waals surface area contributed by atoms with Crippen LogP contribution in [0.2, 0.25) is 0 Å². The van der Waals surface area contributed by atoms with Gasteiger partial charge in [0.05, 0.1) is 12.3 Å². The molecule has 0 saturated heterocycles. The van der Waals surface area contributed by atoms with E-state index in [2.05, 4.69) is 0 Å². The van der Waals surface area contributed by atoms with Crippen LogP contribution in [0, 0.1) is 6.92 Å². The normalized spacial score (nSPS) is 12.3. The third-order valence-electron chi connectivity index (χ3n) is 2.71. The van der Waals surface area contributed by atoms with E-state index in [1.807, 2.05) is 0 Å². The van der Waals surface area contributed by atoms with Crippen LogP contribution in [0.15, 0.2) is 23.1 Å². The number of hydrogen-bond donors (Lipinski definition) is 2. The first-order valence-corrected chi connectivity index (χ1v) is 7.24. The molecule has 5 nitrogen and oxygen atoms in total. The summed E-state index contributed by atoms with van der Waals surface area (Å²) in [6.45, 7) is 5.08. The summed E-state index contributed by atoms with van der Waals surface area (Å²) in [5.74, 6) is 0. The summed E-state index contributed by atoms with van der Waals surface area (Å²) in [5.41, 5.74) is 6.62. The zero-order valence-corrected chi connectivity index (χ0v) is 11.7. The van der Waals surface area contributed by atoms with Gasteiger partial charge >= 0.3 is 0 Å². The second-order valence-corrected chi connectivity index (χ2v) is 6.25. The molecule has 1 rings (SSSR count). The van der Waals surface area contributed by atoms with Crippen molar-refractivity contribution in [3.05, 3.63) is 23.8 Å². The van der Waals surface area contributed by atoms with Gasteiger partial charge in [0, 0.05) is 12.6 Å². The lowest BCUT2D eigenvalue weighted by molar-refractivity contribution is 0.236. The maximum absolute atomic E-state index is 12.5. The summed E-state index contributed by atoms with van der Waals surface area (Å²) in [4.78, 5) is 0.132. The SMILES string of the molecule is Cc1cccc(N)c1S(=O)(=O)N(CCO)C(C)C. The molecule has 0 bridgehead atoms. The van der Waals surface area contributed by atoms with Crippen molar-refractivity contribution in [2.24, 2.45) is 0 Å². The highest BCUT2D eigenvalue weighted by molar-refractivity contribution is 7.89. The van der Waals surface area contributed by atoms with E-state index in [0.29, 0.717) is 5.56 Å². The topological polar surface area (TPSA) is 83.6 Å². The zero-order chi connectivity index (χ0) is 13.9. The number of nitrogens with two attached hydrogens (primary N) is 1. The molecule has 0 atom stereocenters. The zero-order valence-electron chi connectivity index (χ0n) is 10.9. The number of aryl methyl sites for hydroxylation is 1. The fraction of sp³-hybridized carbons (Fsp3) is 0.500. The van der Waals surface area contributed by atoms with Crippen LogP contribution in [-0.2, 0) is 10.0 Å². The van der Waals surface area contributed by atoms with Crippen molar-refractivity contribution >= 4 is 15.7 Å². The third-order valence-corrected chi connectivity index (χ3v) is 5.00. The Hall–Kier alpha value is -1.11. The first-order chi connectivity index (χ1) is 8.32. The molecule has 0 unspecified atom stereocenters. The van der Waals surface area contributed by atoms with E-state index in [-0.39, 0.29) is 29.8 Å².